The molecule has 0 aliphatic rings. The van der Waals surface area contributed by atoms with Gasteiger partial charge < -0.3 is 24.5 Å². The summed E-state index contributed by atoms with van der Waals surface area (Å²) in [6, 6.07) is 6.02. The van der Waals surface area contributed by atoms with Gasteiger partial charge in [-0.2, -0.15) is 0 Å². The summed E-state index contributed by atoms with van der Waals surface area (Å²) in [7, 11) is 4.04. The Bertz CT molecular complexity index is 522. The molecule has 5 heteroatoms. The first-order valence-electron chi connectivity index (χ1n) is 6.27. The van der Waals surface area contributed by atoms with Gasteiger partial charge in [0.05, 0.1) is 18.7 Å². The molecule has 0 unspecified atom stereocenters. The fraction of sp³-hybridized carbons (Fsp3) is 0.429. The third kappa shape index (κ3) is 3.47. The number of nitrogens with zero attached hydrogens (tertiary/aromatic N) is 1. The van der Waals surface area contributed by atoms with Gasteiger partial charge in [-0.25, -0.2) is 0 Å². The highest BCUT2D eigenvalue weighted by molar-refractivity contribution is 5.84. The van der Waals surface area contributed by atoms with Crippen molar-refractivity contribution in [2.75, 3.05) is 34.1 Å². The quantitative estimate of drug-likeness (QED) is 0.589. The molecule has 0 saturated carbocycles. The van der Waals surface area contributed by atoms with Gasteiger partial charge in [0.25, 0.3) is 0 Å². The maximum Gasteiger partial charge on any atom is 0.189 e. The Morgan fingerprint density at radius 3 is 2.84 bits per heavy atom. The van der Waals surface area contributed by atoms with Crippen molar-refractivity contribution in [3.63, 3.8) is 0 Å². The van der Waals surface area contributed by atoms with E-state index in [0.29, 0.717) is 0 Å². The Hall–Kier alpha value is -1.56. The largest absolute Gasteiger partial charge is 0.467 e. The summed E-state index contributed by atoms with van der Waals surface area (Å²) >= 11 is 0. The molecule has 0 aliphatic heterocycles. The van der Waals surface area contributed by atoms with Crippen LogP contribution in [0.25, 0.3) is 10.9 Å². The van der Waals surface area contributed by atoms with E-state index in [2.05, 4.69) is 9.88 Å². The molecule has 104 valence electrons. The van der Waals surface area contributed by atoms with E-state index in [0.717, 1.165) is 23.4 Å². The molecular formula is C14H20N2O3. The summed E-state index contributed by atoms with van der Waals surface area (Å²) in [6.07, 6.45) is 1.93. The number of hydrogen-bond donors (Lipinski definition) is 2. The van der Waals surface area contributed by atoms with Gasteiger partial charge in [0.15, 0.2) is 6.79 Å². The highest BCUT2D eigenvalue weighted by Gasteiger charge is 2.11. The molecule has 0 atom stereocenters. The minimum atomic E-state index is 0.00355. The summed E-state index contributed by atoms with van der Waals surface area (Å²) in [5.41, 5.74) is 2.20. The topological polar surface area (TPSA) is 57.7 Å². The number of rotatable bonds is 7. The molecular weight excluding hydrogens is 244 g/mol. The molecule has 0 aliphatic carbocycles. The predicted octanol–water partition coefficient (Wildman–Crippen LogP) is 1.57. The van der Waals surface area contributed by atoms with Crippen LogP contribution >= 0.6 is 0 Å². The molecule has 1 heterocycles. The lowest BCUT2D eigenvalue weighted by atomic mass is 10.1. The molecule has 0 radical (unpaired) electrons. The molecule has 2 rings (SSSR count). The predicted molar refractivity (Wildman–Crippen MR) is 74.2 cm³/mol. The van der Waals surface area contributed by atoms with Gasteiger partial charge in [-0.15, -0.1) is 0 Å². The highest BCUT2D eigenvalue weighted by atomic mass is 16.7. The average Bonchev–Trinajstić information content (AvgIpc) is 2.84. The lowest BCUT2D eigenvalue weighted by molar-refractivity contribution is -0.00160. The molecule has 19 heavy (non-hydrogen) atoms. The van der Waals surface area contributed by atoms with E-state index in [1.54, 1.807) is 0 Å². The molecule has 0 saturated heterocycles. The normalized spacial score (nSPS) is 11.4. The second-order valence-corrected chi connectivity index (χ2v) is 4.62. The average molecular weight is 264 g/mol. The Balaban J connectivity index is 2.20. The maximum atomic E-state index is 8.66. The van der Waals surface area contributed by atoms with Gasteiger partial charge in [-0.1, -0.05) is 0 Å². The van der Waals surface area contributed by atoms with Gasteiger partial charge in [0, 0.05) is 18.3 Å². The summed E-state index contributed by atoms with van der Waals surface area (Å²) in [5, 5.41) is 9.83. The first-order valence-corrected chi connectivity index (χ1v) is 6.27. The zero-order valence-corrected chi connectivity index (χ0v) is 11.3. The number of aliphatic hydroxyl groups is 1. The standard InChI is InChI=1S/C14H20N2O3/c1-16(2)9-12-13(19-10-18-8-7-17)4-3-11-5-6-15-14(11)12/h3-6,15,17H,7-10H2,1-2H3. The first-order chi connectivity index (χ1) is 9.22. The van der Waals surface area contributed by atoms with Crippen LogP contribution in [0.3, 0.4) is 0 Å². The van der Waals surface area contributed by atoms with Gasteiger partial charge in [-0.3, -0.25) is 0 Å². The molecule has 0 bridgehead atoms. The van der Waals surface area contributed by atoms with Crippen LogP contribution in [0.1, 0.15) is 5.56 Å². The van der Waals surface area contributed by atoms with Crippen molar-refractivity contribution in [2.24, 2.45) is 0 Å². The van der Waals surface area contributed by atoms with E-state index in [1.165, 1.54) is 5.39 Å². The Morgan fingerprint density at radius 2 is 2.11 bits per heavy atom. The van der Waals surface area contributed by atoms with Crippen LogP contribution in [0.2, 0.25) is 0 Å². The van der Waals surface area contributed by atoms with Crippen molar-refractivity contribution < 1.29 is 14.6 Å². The number of nitrogens with one attached hydrogen (secondary N) is 1. The molecule has 0 fully saturated rings. The van der Waals surface area contributed by atoms with Gasteiger partial charge in [-0.05, 0) is 37.7 Å². The van der Waals surface area contributed by atoms with Crippen molar-refractivity contribution in [3.05, 3.63) is 30.0 Å². The van der Waals surface area contributed by atoms with Crippen LogP contribution < -0.4 is 4.74 Å². The van der Waals surface area contributed by atoms with Gasteiger partial charge in [0.2, 0.25) is 0 Å². The van der Waals surface area contributed by atoms with Crippen molar-refractivity contribution >= 4 is 10.9 Å². The molecule has 0 amide bonds. The van der Waals surface area contributed by atoms with Crippen LogP contribution in [0.15, 0.2) is 24.4 Å². The molecule has 0 spiro atoms. The van der Waals surface area contributed by atoms with E-state index in [9.17, 15) is 0 Å². The lowest BCUT2D eigenvalue weighted by Crippen LogP contribution is -2.13. The second kappa shape index (κ2) is 6.56. The molecule has 2 N–H and O–H groups in total. The first kappa shape index (κ1) is 13.9. The lowest BCUT2D eigenvalue weighted by Gasteiger charge is -2.16. The van der Waals surface area contributed by atoms with Crippen molar-refractivity contribution in [1.29, 1.82) is 0 Å². The van der Waals surface area contributed by atoms with E-state index < -0.39 is 0 Å². The Morgan fingerprint density at radius 1 is 1.26 bits per heavy atom. The smallest absolute Gasteiger partial charge is 0.189 e. The third-order valence-electron chi connectivity index (χ3n) is 2.80. The number of H-pyrrole nitrogens is 1. The van der Waals surface area contributed by atoms with Crippen LogP contribution in [-0.4, -0.2) is 49.1 Å². The van der Waals surface area contributed by atoms with Crippen LogP contribution in [0.5, 0.6) is 5.75 Å². The van der Waals surface area contributed by atoms with Gasteiger partial charge >= 0.3 is 0 Å². The zero-order chi connectivity index (χ0) is 13.7. The molecule has 5 nitrogen and oxygen atoms in total. The number of aliphatic hydroxyl groups excluding tert-OH is 1. The van der Waals surface area contributed by atoms with Crippen LogP contribution in [-0.2, 0) is 11.3 Å². The molecule has 2 aromatic rings. The summed E-state index contributed by atoms with van der Waals surface area (Å²) < 4.78 is 10.8. The minimum absolute atomic E-state index is 0.00355. The zero-order valence-electron chi connectivity index (χ0n) is 11.3. The second-order valence-electron chi connectivity index (χ2n) is 4.62. The van der Waals surface area contributed by atoms with Crippen molar-refractivity contribution in [1.82, 2.24) is 9.88 Å². The number of fused-ring (bicyclic) bond motifs is 1. The summed E-state index contributed by atoms with van der Waals surface area (Å²) in [5.74, 6) is 0.807. The van der Waals surface area contributed by atoms with Crippen LogP contribution in [0.4, 0.5) is 0 Å². The SMILES string of the molecule is CN(C)Cc1c(OCOCCO)ccc2cc[nH]c12. The number of benzene rings is 1. The summed E-state index contributed by atoms with van der Waals surface area (Å²) in [6.45, 7) is 1.22. The van der Waals surface area contributed by atoms with Crippen molar-refractivity contribution in [2.45, 2.75) is 6.54 Å². The van der Waals surface area contributed by atoms with E-state index in [-0.39, 0.29) is 20.0 Å². The highest BCUT2D eigenvalue weighted by Crippen LogP contribution is 2.28. The number of hydrogen-bond acceptors (Lipinski definition) is 4. The fourth-order valence-electron chi connectivity index (χ4n) is 2.01. The monoisotopic (exact) mass is 264 g/mol. The van der Waals surface area contributed by atoms with Gasteiger partial charge in [0.1, 0.15) is 5.75 Å². The third-order valence-corrected chi connectivity index (χ3v) is 2.80. The number of aromatic amines is 1. The number of aromatic nitrogens is 1. The summed E-state index contributed by atoms with van der Waals surface area (Å²) in [4.78, 5) is 5.34. The Labute approximate surface area is 112 Å². The van der Waals surface area contributed by atoms with E-state index in [1.807, 2.05) is 38.5 Å². The molecule has 1 aromatic heterocycles. The maximum absolute atomic E-state index is 8.66. The van der Waals surface area contributed by atoms with E-state index >= 15 is 0 Å². The minimum Gasteiger partial charge on any atom is -0.467 e. The van der Waals surface area contributed by atoms with Crippen LogP contribution in [0, 0.1) is 0 Å². The Kier molecular flexibility index (Phi) is 4.79. The molecule has 1 aromatic carbocycles. The van der Waals surface area contributed by atoms with E-state index in [4.69, 9.17) is 14.6 Å². The number of ether oxygens (including phenoxy) is 2. The van der Waals surface area contributed by atoms with Crippen molar-refractivity contribution in [3.8, 4) is 5.75 Å². The fourth-order valence-corrected chi connectivity index (χ4v) is 2.01.